The van der Waals surface area contributed by atoms with Crippen LogP contribution in [0.1, 0.15) is 20.7 Å². The Hall–Kier alpha value is -6.49. The fourth-order valence-electron chi connectivity index (χ4n) is 4.26. The van der Waals surface area contributed by atoms with Crippen LogP contribution in [0, 0.1) is 5.82 Å². The minimum Gasteiger partial charge on any atom is -0.457 e. The topological polar surface area (TPSA) is 124 Å². The molecule has 0 N–H and O–H groups in total. The van der Waals surface area contributed by atoms with Gasteiger partial charge in [-0.2, -0.15) is 0 Å². The maximum atomic E-state index is 14.9. The van der Waals surface area contributed by atoms with Gasteiger partial charge in [0.05, 0.1) is 11.1 Å². The molecule has 5 aromatic rings. The summed E-state index contributed by atoms with van der Waals surface area (Å²) in [7, 11) is 0. The number of esters is 4. The number of carbonyl (C=O) groups excluding carboxylic acids is 4. The molecule has 11 heteroatoms. The first-order valence-corrected chi connectivity index (χ1v) is 13.9. The monoisotopic (exact) mass is 636 g/mol. The Morgan fingerprint density at radius 3 is 1.49 bits per heavy atom. The maximum Gasteiger partial charge on any atom is 0.343 e. The van der Waals surface area contributed by atoms with Gasteiger partial charge in [-0.3, -0.25) is 0 Å². The van der Waals surface area contributed by atoms with E-state index in [0.717, 1.165) is 29.0 Å². The van der Waals surface area contributed by atoms with Crippen molar-refractivity contribution in [3.63, 3.8) is 0 Å². The van der Waals surface area contributed by atoms with Crippen molar-refractivity contribution in [3.05, 3.63) is 133 Å². The molecule has 0 atom stereocenters. The van der Waals surface area contributed by atoms with Gasteiger partial charge in [-0.15, -0.1) is 0 Å². The summed E-state index contributed by atoms with van der Waals surface area (Å²) in [5.74, 6) is -3.20. The SMILES string of the molecule is C=CC(=O)OCOc1ccc2cc(C(=O)Oc3ccc(OC(=O)c4ccc5cc(OCOC(=O)C=C)ccc5c4)c(F)c3)ccc2c1. The summed E-state index contributed by atoms with van der Waals surface area (Å²) in [6.07, 6.45) is 2.05. The summed E-state index contributed by atoms with van der Waals surface area (Å²) in [6, 6.07) is 23.1. The van der Waals surface area contributed by atoms with E-state index in [2.05, 4.69) is 13.2 Å². The molecule has 0 spiro atoms. The quantitative estimate of drug-likeness (QED) is 0.0632. The maximum absolute atomic E-state index is 14.9. The Balaban J connectivity index is 1.19. The van der Waals surface area contributed by atoms with Crippen LogP contribution in [-0.2, 0) is 19.1 Å². The summed E-state index contributed by atoms with van der Waals surface area (Å²) < 4.78 is 45.8. The normalized spacial score (nSPS) is 10.5. The molecule has 5 rings (SSSR count). The number of halogens is 1. The third kappa shape index (κ3) is 8.17. The summed E-state index contributed by atoms with van der Waals surface area (Å²) in [6.45, 7) is 6.04. The van der Waals surface area contributed by atoms with Gasteiger partial charge in [0.25, 0.3) is 0 Å². The highest BCUT2D eigenvalue weighted by Crippen LogP contribution is 2.27. The molecule has 0 radical (unpaired) electrons. The van der Waals surface area contributed by atoms with E-state index in [1.165, 1.54) is 24.3 Å². The van der Waals surface area contributed by atoms with E-state index in [1.54, 1.807) is 60.7 Å². The van der Waals surface area contributed by atoms with E-state index in [-0.39, 0.29) is 36.2 Å². The van der Waals surface area contributed by atoms with Gasteiger partial charge in [0.1, 0.15) is 17.2 Å². The number of ether oxygens (including phenoxy) is 6. The lowest BCUT2D eigenvalue weighted by molar-refractivity contribution is -0.145. The van der Waals surface area contributed by atoms with Crippen molar-refractivity contribution < 1.29 is 52.0 Å². The van der Waals surface area contributed by atoms with Crippen molar-refractivity contribution in [2.45, 2.75) is 0 Å². The second kappa shape index (κ2) is 14.5. The summed E-state index contributed by atoms with van der Waals surface area (Å²) in [5, 5.41) is 2.88. The van der Waals surface area contributed by atoms with Gasteiger partial charge in [-0.25, -0.2) is 23.6 Å². The minimum atomic E-state index is -0.909. The predicted octanol–water partition coefficient (Wildman–Crippen LogP) is 6.70. The summed E-state index contributed by atoms with van der Waals surface area (Å²) in [4.78, 5) is 47.9. The third-order valence-corrected chi connectivity index (χ3v) is 6.60. The molecule has 10 nitrogen and oxygen atoms in total. The molecule has 0 aliphatic heterocycles. The first-order valence-electron chi connectivity index (χ1n) is 13.9. The minimum absolute atomic E-state index is 0.0896. The molecule has 0 aliphatic carbocycles. The largest absolute Gasteiger partial charge is 0.457 e. The molecule has 5 aromatic carbocycles. The van der Waals surface area contributed by atoms with Crippen LogP contribution in [0.2, 0.25) is 0 Å². The Morgan fingerprint density at radius 2 is 1.00 bits per heavy atom. The van der Waals surface area contributed by atoms with Crippen molar-refractivity contribution in [3.8, 4) is 23.0 Å². The first kappa shape index (κ1) is 31.9. The highest BCUT2D eigenvalue weighted by Gasteiger charge is 2.16. The molecule has 0 heterocycles. The van der Waals surface area contributed by atoms with Crippen LogP contribution in [0.3, 0.4) is 0 Å². The Labute approximate surface area is 267 Å². The van der Waals surface area contributed by atoms with E-state index in [0.29, 0.717) is 22.3 Å². The molecule has 236 valence electrons. The molecule has 0 bridgehead atoms. The van der Waals surface area contributed by atoms with Gasteiger partial charge in [0.2, 0.25) is 13.6 Å². The van der Waals surface area contributed by atoms with Crippen molar-refractivity contribution >= 4 is 45.4 Å². The van der Waals surface area contributed by atoms with E-state index in [1.807, 2.05) is 0 Å². The lowest BCUT2D eigenvalue weighted by Gasteiger charge is -2.10. The summed E-state index contributed by atoms with van der Waals surface area (Å²) in [5.41, 5.74) is 0.389. The van der Waals surface area contributed by atoms with Crippen LogP contribution < -0.4 is 18.9 Å². The highest BCUT2D eigenvalue weighted by atomic mass is 19.1. The van der Waals surface area contributed by atoms with E-state index >= 15 is 0 Å². The Morgan fingerprint density at radius 1 is 0.553 bits per heavy atom. The third-order valence-electron chi connectivity index (χ3n) is 6.60. The lowest BCUT2D eigenvalue weighted by Crippen LogP contribution is -2.11. The van der Waals surface area contributed by atoms with E-state index in [9.17, 15) is 23.6 Å². The second-order valence-electron chi connectivity index (χ2n) is 9.68. The van der Waals surface area contributed by atoms with Crippen LogP contribution >= 0.6 is 0 Å². The van der Waals surface area contributed by atoms with Gasteiger partial charge >= 0.3 is 23.9 Å². The first-order chi connectivity index (χ1) is 22.7. The van der Waals surface area contributed by atoms with E-state index < -0.39 is 29.7 Å². The fraction of sp³-hybridized carbons (Fsp3) is 0.0556. The van der Waals surface area contributed by atoms with Crippen LogP contribution in [-0.4, -0.2) is 37.5 Å². The lowest BCUT2D eigenvalue weighted by atomic mass is 10.1. The average Bonchev–Trinajstić information content (AvgIpc) is 3.08. The van der Waals surface area contributed by atoms with Crippen LogP contribution in [0.4, 0.5) is 4.39 Å². The van der Waals surface area contributed by atoms with Gasteiger partial charge in [-0.1, -0.05) is 37.4 Å². The number of rotatable bonds is 12. The zero-order valence-corrected chi connectivity index (χ0v) is 24.6. The molecular weight excluding hydrogens is 611 g/mol. The molecule has 0 aliphatic rings. The Bertz CT molecular complexity index is 2030. The number of hydrogen-bond acceptors (Lipinski definition) is 10. The van der Waals surface area contributed by atoms with Gasteiger partial charge in [0, 0.05) is 18.2 Å². The van der Waals surface area contributed by atoms with Crippen molar-refractivity contribution in [1.82, 2.24) is 0 Å². The average molecular weight is 637 g/mol. The molecule has 47 heavy (non-hydrogen) atoms. The molecule has 0 amide bonds. The van der Waals surface area contributed by atoms with Crippen molar-refractivity contribution in [2.24, 2.45) is 0 Å². The van der Waals surface area contributed by atoms with Gasteiger partial charge in [-0.05, 0) is 82.2 Å². The summed E-state index contributed by atoms with van der Waals surface area (Å²) >= 11 is 0. The zero-order valence-electron chi connectivity index (χ0n) is 24.6. The fourth-order valence-corrected chi connectivity index (χ4v) is 4.26. The Kier molecular flexibility index (Phi) is 9.87. The second-order valence-corrected chi connectivity index (χ2v) is 9.68. The predicted molar refractivity (Wildman–Crippen MR) is 168 cm³/mol. The highest BCUT2D eigenvalue weighted by molar-refractivity contribution is 5.98. The standard InChI is InChI=1S/C36H25FO10/c1-3-33(38)44-20-42-28-11-9-22-15-26(7-5-24(22)17-28)35(40)46-30-13-14-32(31(37)19-30)47-36(41)27-8-6-25-18-29(12-10-23(25)16-27)43-21-45-34(39)4-2/h3-19H,1-2,20-21H2. The molecule has 0 saturated heterocycles. The van der Waals surface area contributed by atoms with Crippen molar-refractivity contribution in [1.29, 1.82) is 0 Å². The molecule has 0 fully saturated rings. The zero-order chi connectivity index (χ0) is 33.3. The molecule has 0 aromatic heterocycles. The van der Waals surface area contributed by atoms with Crippen molar-refractivity contribution in [2.75, 3.05) is 13.6 Å². The smallest absolute Gasteiger partial charge is 0.343 e. The van der Waals surface area contributed by atoms with Gasteiger partial charge < -0.3 is 28.4 Å². The molecular formula is C36H25FO10. The number of carbonyl (C=O) groups is 4. The van der Waals surface area contributed by atoms with Crippen LogP contribution in [0.15, 0.2) is 116 Å². The number of fused-ring (bicyclic) bond motifs is 2. The molecule has 0 saturated carbocycles. The van der Waals surface area contributed by atoms with Gasteiger partial charge in [0.15, 0.2) is 11.6 Å². The number of benzene rings is 5. The van der Waals surface area contributed by atoms with Crippen LogP contribution in [0.25, 0.3) is 21.5 Å². The van der Waals surface area contributed by atoms with E-state index in [4.69, 9.17) is 28.4 Å². The number of hydrogen-bond donors (Lipinski definition) is 0. The molecule has 0 unspecified atom stereocenters. The van der Waals surface area contributed by atoms with Crippen LogP contribution in [0.5, 0.6) is 23.0 Å².